The average molecular weight is 581 g/mol. The minimum atomic E-state index is -2.60. The van der Waals surface area contributed by atoms with Crippen LogP contribution in [0.25, 0.3) is 0 Å². The normalized spacial score (nSPS) is 18.1. The van der Waals surface area contributed by atoms with Crippen LogP contribution in [-0.4, -0.2) is 47.3 Å². The van der Waals surface area contributed by atoms with E-state index in [4.69, 9.17) is 8.85 Å². The van der Waals surface area contributed by atoms with Crippen LogP contribution in [0.5, 0.6) is 0 Å². The number of carbonyl (C=O) groups is 1. The van der Waals surface area contributed by atoms with Crippen LogP contribution in [0.4, 0.5) is 0 Å². The number of hydrogen-bond donors (Lipinski definition) is 1. The van der Waals surface area contributed by atoms with Crippen molar-refractivity contribution < 1.29 is 18.8 Å². The Kier molecular flexibility index (Phi) is 11.7. The molecule has 0 spiro atoms. The van der Waals surface area contributed by atoms with Crippen molar-refractivity contribution in [1.82, 2.24) is 0 Å². The van der Waals surface area contributed by atoms with E-state index in [0.29, 0.717) is 13.2 Å². The molecule has 0 saturated carbocycles. The van der Waals surface area contributed by atoms with Gasteiger partial charge in [0.25, 0.3) is 8.32 Å². The lowest BCUT2D eigenvalue weighted by Gasteiger charge is -2.43. The Hall–Kier alpha value is -1.84. The predicted octanol–water partition coefficient (Wildman–Crippen LogP) is 7.02. The average Bonchev–Trinajstić information content (AvgIpc) is 3.39. The van der Waals surface area contributed by atoms with Crippen molar-refractivity contribution in [2.24, 2.45) is 5.41 Å². The Bertz CT molecular complexity index is 1040. The van der Waals surface area contributed by atoms with Crippen molar-refractivity contribution in [2.45, 2.75) is 96.8 Å². The van der Waals surface area contributed by atoms with Crippen LogP contribution >= 0.6 is 0 Å². The largest absolute Gasteiger partial charge is 0.417 e. The van der Waals surface area contributed by atoms with Crippen molar-refractivity contribution in [1.29, 1.82) is 0 Å². The van der Waals surface area contributed by atoms with Gasteiger partial charge in [0.2, 0.25) is 0 Å². The summed E-state index contributed by atoms with van der Waals surface area (Å²) in [6.07, 6.45) is 6.46. The smallest absolute Gasteiger partial charge is 0.261 e. The van der Waals surface area contributed by atoms with Gasteiger partial charge in [-0.05, 0) is 71.2 Å². The van der Waals surface area contributed by atoms with Gasteiger partial charge in [-0.15, -0.1) is 0 Å². The summed E-state index contributed by atoms with van der Waals surface area (Å²) in [6, 6.07) is 24.9. The molecule has 220 valence electrons. The molecule has 0 fully saturated rings. The molecule has 0 aliphatic heterocycles. The van der Waals surface area contributed by atoms with Crippen LogP contribution in [-0.2, 0) is 13.6 Å². The van der Waals surface area contributed by atoms with Crippen LogP contribution < -0.4 is 10.4 Å². The van der Waals surface area contributed by atoms with Gasteiger partial charge >= 0.3 is 0 Å². The molecule has 40 heavy (non-hydrogen) atoms. The van der Waals surface area contributed by atoms with Crippen molar-refractivity contribution in [3.8, 4) is 0 Å². The fraction of sp³-hybridized carbons (Fsp3) is 0.559. The molecule has 0 radical (unpaired) electrons. The maximum Gasteiger partial charge on any atom is 0.261 e. The molecule has 6 heteroatoms. The molecule has 1 N–H and O–H groups in total. The lowest BCUT2D eigenvalue weighted by molar-refractivity contribution is -0.119. The second-order valence-corrected chi connectivity index (χ2v) is 21.6. The first kappa shape index (κ1) is 32.7. The second kappa shape index (κ2) is 14.4. The standard InChI is InChI=1S/C34H52O4Si2/c1-7-39(8-2,9-3)37-27-25-34(23-16-22-31(34)32(36)28-35)24-17-26-38-40(33(4,5)6,29-18-12-10-13-19-29)30-20-14-11-15-21-30/h10-15,18-22,35H,7-9,16-17,23-28H2,1-6H3/t34-/m0/s1. The third kappa shape index (κ3) is 6.96. The Morgan fingerprint density at radius 2 is 1.40 bits per heavy atom. The first-order valence-electron chi connectivity index (χ1n) is 15.4. The number of carbonyl (C=O) groups excluding carboxylic acids is 1. The van der Waals surface area contributed by atoms with Crippen molar-refractivity contribution >= 4 is 32.8 Å². The Morgan fingerprint density at radius 3 is 1.88 bits per heavy atom. The highest BCUT2D eigenvalue weighted by molar-refractivity contribution is 6.99. The number of aliphatic hydroxyl groups excluding tert-OH is 1. The zero-order valence-corrected chi connectivity index (χ0v) is 27.8. The summed E-state index contributed by atoms with van der Waals surface area (Å²) in [5.41, 5.74) is 0.574. The molecule has 0 amide bonds. The lowest BCUT2D eigenvalue weighted by Crippen LogP contribution is -2.66. The summed E-state index contributed by atoms with van der Waals surface area (Å²) < 4.78 is 13.8. The third-order valence-corrected chi connectivity index (χ3v) is 19.2. The van der Waals surface area contributed by atoms with Gasteiger partial charge in [0, 0.05) is 18.6 Å². The molecule has 4 nitrogen and oxygen atoms in total. The van der Waals surface area contributed by atoms with Crippen LogP contribution in [0.1, 0.15) is 73.6 Å². The molecular formula is C34H52O4Si2. The first-order chi connectivity index (χ1) is 19.1. The van der Waals surface area contributed by atoms with E-state index in [1.54, 1.807) is 0 Å². The number of ketones is 1. The van der Waals surface area contributed by atoms with Gasteiger partial charge in [-0.2, -0.15) is 0 Å². The molecule has 0 heterocycles. The molecule has 2 aromatic carbocycles. The van der Waals surface area contributed by atoms with E-state index in [1.807, 2.05) is 0 Å². The monoisotopic (exact) mass is 580 g/mol. The molecule has 0 aromatic heterocycles. The molecule has 2 aromatic rings. The maximum absolute atomic E-state index is 12.9. The van der Waals surface area contributed by atoms with E-state index in [1.165, 1.54) is 10.4 Å². The summed E-state index contributed by atoms with van der Waals surface area (Å²) in [5, 5.41) is 12.3. The summed E-state index contributed by atoms with van der Waals surface area (Å²) >= 11 is 0. The molecular weight excluding hydrogens is 529 g/mol. The number of benzene rings is 2. The number of hydrogen-bond acceptors (Lipinski definition) is 4. The van der Waals surface area contributed by atoms with E-state index in [2.05, 4.69) is 108 Å². The third-order valence-electron chi connectivity index (χ3n) is 9.44. The minimum absolute atomic E-state index is 0.0685. The van der Waals surface area contributed by atoms with Crippen LogP contribution in [0.3, 0.4) is 0 Å². The number of rotatable bonds is 16. The van der Waals surface area contributed by atoms with Crippen molar-refractivity contribution in [3.05, 3.63) is 72.3 Å². The fourth-order valence-electron chi connectivity index (χ4n) is 6.90. The van der Waals surface area contributed by atoms with Gasteiger partial charge in [-0.25, -0.2) is 0 Å². The number of aliphatic hydroxyl groups is 1. The van der Waals surface area contributed by atoms with Crippen LogP contribution in [0.15, 0.2) is 72.3 Å². The predicted molar refractivity (Wildman–Crippen MR) is 172 cm³/mol. The van der Waals surface area contributed by atoms with Gasteiger partial charge < -0.3 is 14.0 Å². The zero-order chi connectivity index (χ0) is 29.3. The topological polar surface area (TPSA) is 55.8 Å². The van der Waals surface area contributed by atoms with E-state index in [-0.39, 0.29) is 16.2 Å². The highest BCUT2D eigenvalue weighted by Crippen LogP contribution is 2.47. The quantitative estimate of drug-likeness (QED) is 0.171. The summed E-state index contributed by atoms with van der Waals surface area (Å²) in [6.45, 7) is 14.6. The van der Waals surface area contributed by atoms with Gasteiger partial charge in [0.15, 0.2) is 14.1 Å². The fourth-order valence-corrected chi connectivity index (χ4v) is 14.2. The highest BCUT2D eigenvalue weighted by Gasteiger charge is 2.50. The van der Waals surface area contributed by atoms with Crippen LogP contribution in [0.2, 0.25) is 23.2 Å². The molecule has 0 saturated heterocycles. The van der Waals surface area contributed by atoms with Gasteiger partial charge in [-0.1, -0.05) is 108 Å². The van der Waals surface area contributed by atoms with Crippen LogP contribution in [0, 0.1) is 5.41 Å². The van der Waals surface area contributed by atoms with Gasteiger partial charge in [0.05, 0.1) is 0 Å². The molecule has 1 aliphatic carbocycles. The van der Waals surface area contributed by atoms with E-state index >= 15 is 0 Å². The molecule has 1 aliphatic rings. The van der Waals surface area contributed by atoms with E-state index in [9.17, 15) is 9.90 Å². The Labute approximate surface area is 245 Å². The molecule has 1 atom stereocenters. The molecule has 0 unspecified atom stereocenters. The highest BCUT2D eigenvalue weighted by atomic mass is 28.4. The van der Waals surface area contributed by atoms with Gasteiger partial charge in [0.1, 0.15) is 6.61 Å². The van der Waals surface area contributed by atoms with Crippen molar-refractivity contribution in [2.75, 3.05) is 19.8 Å². The van der Waals surface area contributed by atoms with E-state index in [0.717, 1.165) is 55.8 Å². The second-order valence-electron chi connectivity index (χ2n) is 12.5. The van der Waals surface area contributed by atoms with Gasteiger partial charge in [-0.3, -0.25) is 4.79 Å². The summed E-state index contributed by atoms with van der Waals surface area (Å²) in [5.74, 6) is -0.129. The Balaban J connectivity index is 1.84. The lowest BCUT2D eigenvalue weighted by atomic mass is 9.73. The zero-order valence-electron chi connectivity index (χ0n) is 25.8. The summed E-state index contributed by atoms with van der Waals surface area (Å²) in [4.78, 5) is 12.9. The van der Waals surface area contributed by atoms with E-state index < -0.39 is 23.2 Å². The molecule has 3 rings (SSSR count). The molecule has 0 bridgehead atoms. The maximum atomic E-state index is 12.9. The minimum Gasteiger partial charge on any atom is -0.417 e. The SMILES string of the molecule is CC[Si](CC)(CC)OCC[C@@]1(CCCO[Si](c2ccccc2)(c2ccccc2)C(C)(C)C)CCC=C1C(=O)CO. The summed E-state index contributed by atoms with van der Waals surface area (Å²) in [7, 11) is -4.31. The number of allylic oxidation sites excluding steroid dienone is 1. The number of Topliss-reactive ketones (excluding diaryl/α,β-unsaturated/α-hetero) is 1. The first-order valence-corrected chi connectivity index (χ1v) is 19.8. The Morgan fingerprint density at radius 1 is 0.850 bits per heavy atom. The van der Waals surface area contributed by atoms with Crippen molar-refractivity contribution in [3.63, 3.8) is 0 Å².